The number of aliphatic imine (C=N–C) groups is 1. The maximum absolute atomic E-state index is 6.88. The predicted octanol–water partition coefficient (Wildman–Crippen LogP) is 6.00. The summed E-state index contributed by atoms with van der Waals surface area (Å²) in [5.74, 6) is 0. The van der Waals surface area contributed by atoms with Gasteiger partial charge in [-0.2, -0.15) is 0 Å². The summed E-state index contributed by atoms with van der Waals surface area (Å²) in [5.41, 5.74) is 6.79. The molecule has 0 amide bonds. The maximum atomic E-state index is 6.88. The van der Waals surface area contributed by atoms with E-state index in [-0.39, 0.29) is 0 Å². The Morgan fingerprint density at radius 2 is 1.97 bits per heavy atom. The van der Waals surface area contributed by atoms with Gasteiger partial charge in [-0.3, -0.25) is 4.99 Å². The van der Waals surface area contributed by atoms with E-state index in [1.54, 1.807) is 0 Å². The lowest BCUT2D eigenvalue weighted by Crippen LogP contribution is -2.44. The van der Waals surface area contributed by atoms with Gasteiger partial charge in [-0.15, -0.1) is 0 Å². The van der Waals surface area contributed by atoms with Gasteiger partial charge in [-0.25, -0.2) is 0 Å². The van der Waals surface area contributed by atoms with Crippen LogP contribution in [-0.4, -0.2) is 43.3 Å². The second-order valence-corrected chi connectivity index (χ2v) is 8.36. The number of halogens is 1. The summed E-state index contributed by atoms with van der Waals surface area (Å²) in [6, 6.07) is 0. The summed E-state index contributed by atoms with van der Waals surface area (Å²) < 4.78 is 0. The van der Waals surface area contributed by atoms with Crippen LogP contribution in [0.25, 0.3) is 0 Å². The average molecular weight is 455 g/mol. The molecule has 5 heteroatoms. The lowest BCUT2D eigenvalue weighted by molar-refractivity contribution is 0.300. The summed E-state index contributed by atoms with van der Waals surface area (Å²) in [6.07, 6.45) is 18.7. The standard InChI is InChI=1S/C27H39ClN4/c1-6-10-23-12-11-22(19-26(23)30-13-7-2)20-31-25(9-4)27(24(28)18-21(5)8-3)32-16-14-29-15-17-32/h7,9-13,18-19,29,31H,6,8,14-17,20H2,1-5H3/b13-7-,21-18+,23-10+,25-9+,27-24-,30-26+. The molecule has 0 bridgehead atoms. The second kappa shape index (κ2) is 14.0. The second-order valence-electron chi connectivity index (χ2n) is 7.95. The first kappa shape index (κ1) is 26.0. The number of piperazine rings is 1. The van der Waals surface area contributed by atoms with Gasteiger partial charge in [0.05, 0.1) is 22.1 Å². The molecule has 32 heavy (non-hydrogen) atoms. The van der Waals surface area contributed by atoms with E-state index in [2.05, 4.69) is 84.7 Å². The highest BCUT2D eigenvalue weighted by molar-refractivity contribution is 6.31. The molecule has 0 saturated carbocycles. The lowest BCUT2D eigenvalue weighted by atomic mass is 9.99. The molecule has 174 valence electrons. The summed E-state index contributed by atoms with van der Waals surface area (Å²) in [4.78, 5) is 7.00. The molecule has 0 aromatic heterocycles. The van der Waals surface area contributed by atoms with Gasteiger partial charge in [0.2, 0.25) is 0 Å². The fourth-order valence-electron chi connectivity index (χ4n) is 3.60. The average Bonchev–Trinajstić information content (AvgIpc) is 2.81. The van der Waals surface area contributed by atoms with Crippen LogP contribution >= 0.6 is 11.6 Å². The highest BCUT2D eigenvalue weighted by Crippen LogP contribution is 2.25. The van der Waals surface area contributed by atoms with Crippen LogP contribution in [0.1, 0.15) is 47.5 Å². The number of allylic oxidation sites excluding steroid dienone is 9. The highest BCUT2D eigenvalue weighted by atomic mass is 35.5. The van der Waals surface area contributed by atoms with Crippen molar-refractivity contribution in [1.82, 2.24) is 15.5 Å². The molecule has 0 spiro atoms. The normalized spacial score (nSPS) is 21.4. The molecule has 4 nitrogen and oxygen atoms in total. The van der Waals surface area contributed by atoms with Crippen molar-refractivity contribution in [1.29, 1.82) is 0 Å². The molecule has 2 rings (SSSR count). The quantitative estimate of drug-likeness (QED) is 0.420. The van der Waals surface area contributed by atoms with Crippen LogP contribution in [0.4, 0.5) is 0 Å². The van der Waals surface area contributed by atoms with Crippen molar-refractivity contribution < 1.29 is 0 Å². The van der Waals surface area contributed by atoms with E-state index in [0.717, 1.165) is 61.2 Å². The molecule has 2 aliphatic rings. The maximum Gasteiger partial charge on any atom is 0.0788 e. The minimum absolute atomic E-state index is 0.709. The number of hydrogen-bond donors (Lipinski definition) is 2. The van der Waals surface area contributed by atoms with Crippen LogP contribution in [0.15, 0.2) is 86.9 Å². The van der Waals surface area contributed by atoms with Crippen LogP contribution < -0.4 is 10.6 Å². The Morgan fingerprint density at radius 1 is 1.22 bits per heavy atom. The molecule has 0 aromatic rings. The molecule has 1 heterocycles. The molecule has 1 saturated heterocycles. The number of hydrogen-bond acceptors (Lipinski definition) is 4. The fourth-order valence-corrected chi connectivity index (χ4v) is 4.01. The largest absolute Gasteiger partial charge is 0.380 e. The van der Waals surface area contributed by atoms with Crippen LogP contribution in [0, 0.1) is 0 Å². The molecular formula is C27H39ClN4. The monoisotopic (exact) mass is 454 g/mol. The Morgan fingerprint density at radius 3 is 2.59 bits per heavy atom. The molecule has 2 N–H and O–H groups in total. The molecule has 1 fully saturated rings. The summed E-state index contributed by atoms with van der Waals surface area (Å²) >= 11 is 6.88. The van der Waals surface area contributed by atoms with Gasteiger partial charge < -0.3 is 15.5 Å². The highest BCUT2D eigenvalue weighted by Gasteiger charge is 2.20. The van der Waals surface area contributed by atoms with Gasteiger partial charge in [-0.05, 0) is 56.9 Å². The lowest BCUT2D eigenvalue weighted by Gasteiger charge is -2.33. The summed E-state index contributed by atoms with van der Waals surface area (Å²) in [5, 5.41) is 7.87. The molecule has 0 atom stereocenters. The van der Waals surface area contributed by atoms with E-state index in [0.29, 0.717) is 6.54 Å². The molecular weight excluding hydrogens is 416 g/mol. The molecule has 0 radical (unpaired) electrons. The van der Waals surface area contributed by atoms with Crippen LogP contribution in [0.2, 0.25) is 0 Å². The topological polar surface area (TPSA) is 39.7 Å². The van der Waals surface area contributed by atoms with Crippen molar-refractivity contribution in [3.05, 3.63) is 81.9 Å². The van der Waals surface area contributed by atoms with Crippen molar-refractivity contribution in [3.8, 4) is 0 Å². The number of rotatable bonds is 9. The zero-order valence-electron chi connectivity index (χ0n) is 20.3. The van der Waals surface area contributed by atoms with E-state index in [9.17, 15) is 0 Å². The van der Waals surface area contributed by atoms with Gasteiger partial charge in [0, 0.05) is 38.9 Å². The minimum atomic E-state index is 0.709. The first-order valence-corrected chi connectivity index (χ1v) is 12.1. The Kier molecular flexibility index (Phi) is 11.3. The molecule has 1 aliphatic heterocycles. The Hall–Kier alpha value is -2.30. The number of nitrogens with zero attached hydrogens (tertiary/aromatic N) is 2. The number of nitrogens with one attached hydrogen (secondary N) is 2. The molecule has 0 aromatic carbocycles. The Labute approximate surface area is 199 Å². The van der Waals surface area contributed by atoms with E-state index in [1.807, 2.05) is 19.2 Å². The first-order valence-electron chi connectivity index (χ1n) is 11.7. The predicted molar refractivity (Wildman–Crippen MR) is 141 cm³/mol. The zero-order valence-corrected chi connectivity index (χ0v) is 21.1. The van der Waals surface area contributed by atoms with Gasteiger partial charge in [0.15, 0.2) is 0 Å². The third kappa shape index (κ3) is 7.68. The third-order valence-corrected chi connectivity index (χ3v) is 5.79. The van der Waals surface area contributed by atoms with Gasteiger partial charge in [-0.1, -0.05) is 61.4 Å². The Balaban J connectivity index is 2.28. The van der Waals surface area contributed by atoms with Crippen molar-refractivity contribution in [2.24, 2.45) is 4.99 Å². The Bertz CT molecular complexity index is 875. The van der Waals surface area contributed by atoms with E-state index < -0.39 is 0 Å². The van der Waals surface area contributed by atoms with Crippen molar-refractivity contribution in [2.75, 3.05) is 32.7 Å². The molecule has 0 unspecified atom stereocenters. The fraction of sp³-hybridized carbons (Fsp3) is 0.444. The third-order valence-electron chi connectivity index (χ3n) is 5.50. The smallest absolute Gasteiger partial charge is 0.0788 e. The van der Waals surface area contributed by atoms with E-state index in [4.69, 9.17) is 11.6 Å². The van der Waals surface area contributed by atoms with Gasteiger partial charge >= 0.3 is 0 Å². The minimum Gasteiger partial charge on any atom is -0.380 e. The summed E-state index contributed by atoms with van der Waals surface area (Å²) in [6.45, 7) is 15.0. The van der Waals surface area contributed by atoms with Crippen molar-refractivity contribution in [2.45, 2.75) is 47.5 Å². The van der Waals surface area contributed by atoms with Gasteiger partial charge in [0.25, 0.3) is 0 Å². The van der Waals surface area contributed by atoms with Crippen molar-refractivity contribution in [3.63, 3.8) is 0 Å². The van der Waals surface area contributed by atoms with Crippen LogP contribution in [-0.2, 0) is 0 Å². The van der Waals surface area contributed by atoms with E-state index >= 15 is 0 Å². The first-order chi connectivity index (χ1) is 15.5. The SMILES string of the molecule is C\C=C/N=C1\C=C(CNC(=C/C)/C(=C(Cl)\C=C(/C)CC)N2CCNCC2)C=C\C1=C/CC. The van der Waals surface area contributed by atoms with Crippen LogP contribution in [0.3, 0.4) is 0 Å². The van der Waals surface area contributed by atoms with Crippen molar-refractivity contribution >= 4 is 17.3 Å². The zero-order chi connectivity index (χ0) is 23.3. The van der Waals surface area contributed by atoms with Crippen LogP contribution in [0.5, 0.6) is 0 Å². The summed E-state index contributed by atoms with van der Waals surface area (Å²) in [7, 11) is 0. The molecule has 1 aliphatic carbocycles. The van der Waals surface area contributed by atoms with Gasteiger partial charge in [0.1, 0.15) is 0 Å². The van der Waals surface area contributed by atoms with E-state index in [1.165, 1.54) is 16.7 Å².